The van der Waals surface area contributed by atoms with Gasteiger partial charge in [0, 0.05) is 22.9 Å². The molecule has 0 spiro atoms. The molecule has 0 aliphatic carbocycles. The lowest BCUT2D eigenvalue weighted by molar-refractivity contribution is 0.470. The lowest BCUT2D eigenvalue weighted by Gasteiger charge is -2.07. The number of aromatic hydroxyl groups is 2. The first-order chi connectivity index (χ1) is 15.4. The van der Waals surface area contributed by atoms with E-state index in [1.165, 1.54) is 42.5 Å². The summed E-state index contributed by atoms with van der Waals surface area (Å²) >= 11 is 0. The minimum absolute atomic E-state index is 0.295. The molecule has 170 valence electrons. The number of benzene rings is 4. The minimum atomic E-state index is -4.47. The van der Waals surface area contributed by atoms with Gasteiger partial charge < -0.3 is 10.2 Å². The third-order valence-corrected chi connectivity index (χ3v) is 6.40. The zero-order valence-corrected chi connectivity index (χ0v) is 18.0. The molecule has 13 heteroatoms. The van der Waals surface area contributed by atoms with Gasteiger partial charge in [0.1, 0.15) is 11.5 Å². The first-order valence-corrected chi connectivity index (χ1v) is 12.0. The van der Waals surface area contributed by atoms with Gasteiger partial charge in [-0.2, -0.15) is 16.8 Å². The second kappa shape index (κ2) is 7.97. The highest BCUT2D eigenvalue weighted by atomic mass is 32.2. The van der Waals surface area contributed by atoms with Crippen LogP contribution in [0.3, 0.4) is 0 Å². The summed E-state index contributed by atoms with van der Waals surface area (Å²) in [5.74, 6) is -0.714. The first-order valence-electron chi connectivity index (χ1n) is 9.07. The fourth-order valence-electron chi connectivity index (χ4n) is 3.18. The molecule has 33 heavy (non-hydrogen) atoms. The number of rotatable bonds is 5. The van der Waals surface area contributed by atoms with E-state index in [1.54, 1.807) is 6.07 Å². The molecule has 0 atom stereocenters. The van der Waals surface area contributed by atoms with E-state index in [2.05, 4.69) is 15.8 Å². The van der Waals surface area contributed by atoms with Gasteiger partial charge in [0.25, 0.3) is 20.2 Å². The summed E-state index contributed by atoms with van der Waals surface area (Å²) in [6.07, 6.45) is 0. The van der Waals surface area contributed by atoms with E-state index < -0.39 is 30.0 Å². The van der Waals surface area contributed by atoms with Crippen molar-refractivity contribution in [2.75, 3.05) is 5.43 Å². The van der Waals surface area contributed by atoms with Crippen LogP contribution >= 0.6 is 0 Å². The van der Waals surface area contributed by atoms with Crippen molar-refractivity contribution in [1.82, 2.24) is 0 Å². The molecule has 4 rings (SSSR count). The van der Waals surface area contributed by atoms with E-state index in [4.69, 9.17) is 9.11 Å². The van der Waals surface area contributed by atoms with Crippen molar-refractivity contribution < 1.29 is 36.2 Å². The van der Waals surface area contributed by atoms with Crippen molar-refractivity contribution in [1.29, 1.82) is 0 Å². The lowest BCUT2D eigenvalue weighted by Crippen LogP contribution is -1.98. The monoisotopic (exact) mass is 489 g/mol. The zero-order chi connectivity index (χ0) is 24.0. The molecule has 0 bridgehead atoms. The van der Waals surface area contributed by atoms with Gasteiger partial charge in [0.15, 0.2) is 0 Å². The van der Waals surface area contributed by atoms with E-state index in [-0.39, 0.29) is 11.5 Å². The second-order valence-corrected chi connectivity index (χ2v) is 9.83. The molecule has 11 nitrogen and oxygen atoms in total. The highest BCUT2D eigenvalue weighted by Crippen LogP contribution is 2.33. The standard InChI is InChI=1S/C20H15N3O8S2/c24-19-9-15(32(26,27)28)5-11-1-3-13(7-17(11)19)21-23-22-14-4-2-12-6-16(33(29,30)31)10-20(25)18(12)8-14/h1-10,24-25H,(H,21,22)(H,26,27,28)(H,29,30,31). The first kappa shape index (κ1) is 22.4. The Kier molecular flexibility index (Phi) is 5.41. The number of fused-ring (bicyclic) bond motifs is 2. The molecule has 0 aliphatic rings. The van der Waals surface area contributed by atoms with Gasteiger partial charge in [-0.1, -0.05) is 17.4 Å². The topological polar surface area (TPSA) is 186 Å². The van der Waals surface area contributed by atoms with E-state index in [9.17, 15) is 27.0 Å². The van der Waals surface area contributed by atoms with E-state index in [1.807, 2.05) is 0 Å². The fraction of sp³-hybridized carbons (Fsp3) is 0. The fourth-order valence-corrected chi connectivity index (χ4v) is 4.25. The Morgan fingerprint density at radius 1 is 0.667 bits per heavy atom. The van der Waals surface area contributed by atoms with Crippen LogP contribution < -0.4 is 5.43 Å². The molecule has 4 aromatic carbocycles. The van der Waals surface area contributed by atoms with Crippen molar-refractivity contribution in [3.63, 3.8) is 0 Å². The predicted octanol–water partition coefficient (Wildman–Crippen LogP) is 4.01. The Hall–Kier alpha value is -3.78. The number of hydrogen-bond acceptors (Lipinski definition) is 8. The molecule has 0 saturated carbocycles. The summed E-state index contributed by atoms with van der Waals surface area (Å²) in [5.41, 5.74) is 3.40. The van der Waals surface area contributed by atoms with Crippen LogP contribution in [0.25, 0.3) is 21.5 Å². The highest BCUT2D eigenvalue weighted by Gasteiger charge is 2.14. The molecule has 0 fully saturated rings. The largest absolute Gasteiger partial charge is 0.507 e. The lowest BCUT2D eigenvalue weighted by atomic mass is 10.1. The predicted molar refractivity (Wildman–Crippen MR) is 119 cm³/mol. The van der Waals surface area contributed by atoms with Crippen LogP contribution in [0.4, 0.5) is 11.4 Å². The van der Waals surface area contributed by atoms with E-state index in [0.29, 0.717) is 32.9 Å². The minimum Gasteiger partial charge on any atom is -0.507 e. The van der Waals surface area contributed by atoms with Gasteiger partial charge in [0.05, 0.1) is 21.2 Å². The molecular weight excluding hydrogens is 474 g/mol. The van der Waals surface area contributed by atoms with Crippen LogP contribution in [0.2, 0.25) is 0 Å². The number of anilines is 1. The van der Waals surface area contributed by atoms with Gasteiger partial charge in [-0.05, 0) is 47.2 Å². The third-order valence-electron chi connectivity index (χ3n) is 4.74. The number of phenols is 2. The second-order valence-electron chi connectivity index (χ2n) is 6.99. The smallest absolute Gasteiger partial charge is 0.294 e. The summed E-state index contributed by atoms with van der Waals surface area (Å²) in [4.78, 5) is -0.872. The Labute approximate surface area is 187 Å². The van der Waals surface area contributed by atoms with Crippen molar-refractivity contribution in [3.8, 4) is 11.5 Å². The Morgan fingerprint density at radius 3 is 1.73 bits per heavy atom. The molecule has 0 aromatic heterocycles. The molecule has 0 unspecified atom stereocenters. The van der Waals surface area contributed by atoms with Gasteiger partial charge in [-0.3, -0.25) is 14.5 Å². The zero-order valence-electron chi connectivity index (χ0n) is 16.4. The molecule has 0 amide bonds. The number of nitrogens with zero attached hydrogens (tertiary/aromatic N) is 2. The molecular formula is C20H15N3O8S2. The quantitative estimate of drug-likeness (QED) is 0.157. The maximum atomic E-state index is 11.3. The molecule has 4 aromatic rings. The summed E-state index contributed by atoms with van der Waals surface area (Å²) < 4.78 is 63.4. The van der Waals surface area contributed by atoms with Crippen molar-refractivity contribution in [3.05, 3.63) is 60.7 Å². The van der Waals surface area contributed by atoms with Crippen LogP contribution in [-0.4, -0.2) is 36.2 Å². The van der Waals surface area contributed by atoms with E-state index >= 15 is 0 Å². The van der Waals surface area contributed by atoms with Crippen molar-refractivity contribution in [2.45, 2.75) is 9.79 Å². The number of hydrogen-bond donors (Lipinski definition) is 5. The maximum absolute atomic E-state index is 11.3. The van der Waals surface area contributed by atoms with Gasteiger partial charge in [0.2, 0.25) is 0 Å². The Morgan fingerprint density at radius 2 is 1.18 bits per heavy atom. The molecule has 0 saturated heterocycles. The van der Waals surface area contributed by atoms with Crippen molar-refractivity contribution >= 4 is 53.2 Å². The Balaban J connectivity index is 1.59. The Bertz CT molecular complexity index is 1670. The average molecular weight is 489 g/mol. The molecule has 0 heterocycles. The summed E-state index contributed by atoms with van der Waals surface area (Å²) in [5, 5.41) is 29.4. The summed E-state index contributed by atoms with van der Waals surface area (Å²) in [6, 6.07) is 13.3. The SMILES string of the molecule is O=S(=O)(O)c1cc(O)c2cc(/N=N/Nc3ccc4cc(S(=O)(=O)O)cc(O)c4c3)ccc2c1. The summed E-state index contributed by atoms with van der Waals surface area (Å²) in [6.45, 7) is 0. The van der Waals surface area contributed by atoms with Crippen molar-refractivity contribution in [2.24, 2.45) is 10.3 Å². The van der Waals surface area contributed by atoms with Crippen LogP contribution in [0.1, 0.15) is 0 Å². The average Bonchev–Trinajstić information content (AvgIpc) is 2.73. The normalized spacial score (nSPS) is 12.5. The molecule has 5 N–H and O–H groups in total. The van der Waals surface area contributed by atoms with Gasteiger partial charge >= 0.3 is 0 Å². The number of phenolic OH excluding ortho intramolecular Hbond substituents is 2. The van der Waals surface area contributed by atoms with Crippen LogP contribution in [0.5, 0.6) is 11.5 Å². The van der Waals surface area contributed by atoms with Gasteiger partial charge in [-0.25, -0.2) is 0 Å². The molecule has 0 radical (unpaired) electrons. The third kappa shape index (κ3) is 4.70. The summed E-state index contributed by atoms with van der Waals surface area (Å²) in [7, 11) is -8.94. The van der Waals surface area contributed by atoms with Gasteiger partial charge in [-0.15, -0.1) is 5.11 Å². The van der Waals surface area contributed by atoms with Crippen LogP contribution in [-0.2, 0) is 20.2 Å². The van der Waals surface area contributed by atoms with Crippen LogP contribution in [0.15, 0.2) is 80.8 Å². The van der Waals surface area contributed by atoms with E-state index in [0.717, 1.165) is 12.1 Å². The molecule has 0 aliphatic heterocycles. The maximum Gasteiger partial charge on any atom is 0.294 e. The highest BCUT2D eigenvalue weighted by molar-refractivity contribution is 7.86. The van der Waals surface area contributed by atoms with Crippen LogP contribution in [0, 0.1) is 0 Å². The number of nitrogens with one attached hydrogen (secondary N) is 1.